The lowest BCUT2D eigenvalue weighted by Crippen LogP contribution is -2.46. The van der Waals surface area contributed by atoms with Crippen molar-refractivity contribution >= 4 is 15.7 Å². The first-order valence-corrected chi connectivity index (χ1v) is 10.1. The third-order valence-electron chi connectivity index (χ3n) is 4.56. The van der Waals surface area contributed by atoms with Gasteiger partial charge in [-0.3, -0.25) is 4.79 Å². The quantitative estimate of drug-likeness (QED) is 0.756. The number of tetrazole rings is 1. The van der Waals surface area contributed by atoms with E-state index in [1.54, 1.807) is 9.58 Å². The van der Waals surface area contributed by atoms with E-state index in [-0.39, 0.29) is 23.7 Å². The van der Waals surface area contributed by atoms with Crippen LogP contribution in [0.1, 0.15) is 57.3 Å². The molecule has 0 bridgehead atoms. The number of nitrogens with zero attached hydrogens (tertiary/aromatic N) is 5. The highest BCUT2D eigenvalue weighted by molar-refractivity contribution is 7.91. The fraction of sp³-hybridized carbons (Fsp3) is 0.857. The number of sulfone groups is 1. The van der Waals surface area contributed by atoms with Crippen LogP contribution >= 0.6 is 0 Å². The van der Waals surface area contributed by atoms with E-state index in [0.717, 1.165) is 38.5 Å². The van der Waals surface area contributed by atoms with Crippen LogP contribution in [0.3, 0.4) is 0 Å². The van der Waals surface area contributed by atoms with Crippen molar-refractivity contribution in [3.63, 3.8) is 0 Å². The average Bonchev–Trinajstić information content (AvgIpc) is 3.27. The first-order valence-electron chi connectivity index (χ1n) is 8.27. The zero-order valence-electron chi connectivity index (χ0n) is 13.4. The van der Waals surface area contributed by atoms with Gasteiger partial charge in [0, 0.05) is 12.6 Å². The predicted molar refractivity (Wildman–Crippen MR) is 83.2 cm³/mol. The number of aromatic nitrogens is 4. The van der Waals surface area contributed by atoms with Gasteiger partial charge in [-0.05, 0) is 49.0 Å². The predicted octanol–water partition coefficient (Wildman–Crippen LogP) is 0.714. The van der Waals surface area contributed by atoms with E-state index in [1.165, 1.54) is 0 Å². The summed E-state index contributed by atoms with van der Waals surface area (Å²) in [5.74, 6) is -0.679. The van der Waals surface area contributed by atoms with Crippen molar-refractivity contribution in [2.24, 2.45) is 0 Å². The highest BCUT2D eigenvalue weighted by Gasteiger charge is 2.32. The van der Waals surface area contributed by atoms with Crippen LogP contribution in [0, 0.1) is 0 Å². The maximum atomic E-state index is 12.4. The molecule has 1 aliphatic carbocycles. The molecule has 1 saturated carbocycles. The Balaban J connectivity index is 1.65. The average molecular weight is 341 g/mol. The third-order valence-corrected chi connectivity index (χ3v) is 5.95. The van der Waals surface area contributed by atoms with E-state index in [4.69, 9.17) is 0 Å². The molecule has 1 aromatic heterocycles. The highest BCUT2D eigenvalue weighted by atomic mass is 32.2. The van der Waals surface area contributed by atoms with E-state index in [9.17, 15) is 13.2 Å². The standard InChI is InChI=1S/C14H23N5O3S/c1-2-11-5-3-4-8-18(11)14(20)10-23(21,22)9-13-15-16-17-19(13)12-6-7-12/h11-12H,2-10H2,1H3. The third kappa shape index (κ3) is 3.88. The molecule has 0 spiro atoms. The number of carbonyl (C=O) groups excluding carboxylic acids is 1. The van der Waals surface area contributed by atoms with Gasteiger partial charge in [0.25, 0.3) is 0 Å². The summed E-state index contributed by atoms with van der Waals surface area (Å²) in [6, 6.07) is 0.390. The van der Waals surface area contributed by atoms with Crippen molar-refractivity contribution in [3.05, 3.63) is 5.82 Å². The second-order valence-corrected chi connectivity index (χ2v) is 8.51. The van der Waals surface area contributed by atoms with Gasteiger partial charge in [0.05, 0.1) is 6.04 Å². The first-order chi connectivity index (χ1) is 11.0. The maximum absolute atomic E-state index is 12.4. The van der Waals surface area contributed by atoms with Crippen molar-refractivity contribution in [1.82, 2.24) is 25.1 Å². The summed E-state index contributed by atoms with van der Waals surface area (Å²) in [6.45, 7) is 2.70. The molecule has 2 fully saturated rings. The van der Waals surface area contributed by atoms with Gasteiger partial charge in [-0.15, -0.1) is 5.10 Å². The van der Waals surface area contributed by atoms with Crippen LogP contribution in [0.25, 0.3) is 0 Å². The summed E-state index contributed by atoms with van der Waals surface area (Å²) in [4.78, 5) is 14.2. The zero-order chi connectivity index (χ0) is 16.4. The number of amides is 1. The molecule has 8 nitrogen and oxygen atoms in total. The minimum absolute atomic E-state index is 0.170. The summed E-state index contributed by atoms with van der Waals surface area (Å²) in [7, 11) is -3.57. The molecule has 2 aliphatic rings. The lowest BCUT2D eigenvalue weighted by molar-refractivity contribution is -0.132. The largest absolute Gasteiger partial charge is 0.339 e. The molecular weight excluding hydrogens is 318 g/mol. The van der Waals surface area contributed by atoms with Crippen LogP contribution in [0.15, 0.2) is 0 Å². The molecule has 23 heavy (non-hydrogen) atoms. The minimum atomic E-state index is -3.57. The van der Waals surface area contributed by atoms with Crippen molar-refractivity contribution in [1.29, 1.82) is 0 Å². The summed E-state index contributed by atoms with van der Waals surface area (Å²) < 4.78 is 26.4. The fourth-order valence-corrected chi connectivity index (χ4v) is 4.41. The lowest BCUT2D eigenvalue weighted by atomic mass is 10.0. The monoisotopic (exact) mass is 341 g/mol. The molecular formula is C14H23N5O3S. The summed E-state index contributed by atoms with van der Waals surface area (Å²) >= 11 is 0. The van der Waals surface area contributed by atoms with Crippen LogP contribution in [-0.4, -0.2) is 57.8 Å². The van der Waals surface area contributed by atoms with Crippen LogP contribution in [0.2, 0.25) is 0 Å². The number of hydrogen-bond donors (Lipinski definition) is 0. The second kappa shape index (κ2) is 6.54. The smallest absolute Gasteiger partial charge is 0.238 e. The van der Waals surface area contributed by atoms with Crippen LogP contribution in [0.4, 0.5) is 0 Å². The SMILES string of the molecule is CCC1CCCCN1C(=O)CS(=O)(=O)Cc1nnnn1C1CC1. The second-order valence-electron chi connectivity index (χ2n) is 6.45. The number of hydrogen-bond acceptors (Lipinski definition) is 6. The van der Waals surface area contributed by atoms with E-state index < -0.39 is 15.6 Å². The van der Waals surface area contributed by atoms with Crippen LogP contribution in [0.5, 0.6) is 0 Å². The van der Waals surface area contributed by atoms with Crippen molar-refractivity contribution in [3.8, 4) is 0 Å². The van der Waals surface area contributed by atoms with E-state index >= 15 is 0 Å². The van der Waals surface area contributed by atoms with E-state index in [0.29, 0.717) is 12.4 Å². The molecule has 0 radical (unpaired) electrons. The molecule has 0 N–H and O–H groups in total. The molecule has 2 heterocycles. The van der Waals surface area contributed by atoms with E-state index in [2.05, 4.69) is 15.5 Å². The maximum Gasteiger partial charge on any atom is 0.238 e. The molecule has 1 amide bonds. The Morgan fingerprint density at radius 2 is 2.04 bits per heavy atom. The Hall–Kier alpha value is -1.51. The summed E-state index contributed by atoms with van der Waals surface area (Å²) in [6.07, 6.45) is 5.83. The van der Waals surface area contributed by atoms with E-state index in [1.807, 2.05) is 6.92 Å². The Labute approximate surface area is 136 Å². The van der Waals surface area contributed by atoms with Crippen molar-refractivity contribution < 1.29 is 13.2 Å². The molecule has 128 valence electrons. The molecule has 1 unspecified atom stereocenters. The minimum Gasteiger partial charge on any atom is -0.339 e. The Morgan fingerprint density at radius 1 is 1.26 bits per heavy atom. The van der Waals surface area contributed by atoms with Gasteiger partial charge < -0.3 is 4.90 Å². The van der Waals surface area contributed by atoms with Crippen LogP contribution < -0.4 is 0 Å². The molecule has 1 saturated heterocycles. The van der Waals surface area contributed by atoms with Crippen molar-refractivity contribution in [2.75, 3.05) is 12.3 Å². The van der Waals surface area contributed by atoms with Gasteiger partial charge >= 0.3 is 0 Å². The lowest BCUT2D eigenvalue weighted by Gasteiger charge is -2.35. The fourth-order valence-electron chi connectivity index (χ4n) is 3.18. The summed E-state index contributed by atoms with van der Waals surface area (Å²) in [5.41, 5.74) is 0. The molecule has 9 heteroatoms. The van der Waals surface area contributed by atoms with Crippen LogP contribution in [-0.2, 0) is 20.4 Å². The van der Waals surface area contributed by atoms with Gasteiger partial charge in [0.1, 0.15) is 11.5 Å². The number of rotatable bonds is 6. The summed E-state index contributed by atoms with van der Waals surface area (Å²) in [5, 5.41) is 11.2. The number of piperidine rings is 1. The van der Waals surface area contributed by atoms with Gasteiger partial charge in [0.15, 0.2) is 15.7 Å². The number of carbonyl (C=O) groups is 1. The topological polar surface area (TPSA) is 98.1 Å². The Morgan fingerprint density at radius 3 is 2.74 bits per heavy atom. The first kappa shape index (κ1) is 16.4. The molecule has 3 rings (SSSR count). The normalized spacial score (nSPS) is 22.3. The zero-order valence-corrected chi connectivity index (χ0v) is 14.2. The molecule has 0 aromatic carbocycles. The molecule has 1 aromatic rings. The molecule has 1 atom stereocenters. The highest BCUT2D eigenvalue weighted by Crippen LogP contribution is 2.34. The Kier molecular flexibility index (Phi) is 4.65. The van der Waals surface area contributed by atoms with Crippen molar-refractivity contribution in [2.45, 2.75) is 63.3 Å². The molecule has 1 aliphatic heterocycles. The van der Waals surface area contributed by atoms with Gasteiger partial charge in [0.2, 0.25) is 5.91 Å². The Bertz CT molecular complexity index is 668. The van der Waals surface area contributed by atoms with Gasteiger partial charge in [-0.2, -0.15) is 0 Å². The van der Waals surface area contributed by atoms with Gasteiger partial charge in [-0.25, -0.2) is 13.1 Å². The van der Waals surface area contributed by atoms with Gasteiger partial charge in [-0.1, -0.05) is 6.92 Å². The number of likely N-dealkylation sites (tertiary alicyclic amines) is 1.